The van der Waals surface area contributed by atoms with Crippen LogP contribution in [-0.2, 0) is 0 Å². The second-order valence-corrected chi connectivity index (χ2v) is 5.17. The average Bonchev–Trinajstić information content (AvgIpc) is 2.96. The number of halogens is 1. The van der Waals surface area contributed by atoms with Gasteiger partial charge in [-0.05, 0) is 55.5 Å². The Morgan fingerprint density at radius 3 is 2.42 bits per heavy atom. The monoisotopic (exact) mass is 326 g/mol. The van der Waals surface area contributed by atoms with Crippen molar-refractivity contribution in [3.63, 3.8) is 0 Å². The summed E-state index contributed by atoms with van der Waals surface area (Å²) >= 11 is 0. The Bertz CT molecular complexity index is 855. The van der Waals surface area contributed by atoms with Gasteiger partial charge in [-0.2, -0.15) is 0 Å². The van der Waals surface area contributed by atoms with Gasteiger partial charge in [0.25, 0.3) is 5.91 Å². The zero-order valence-corrected chi connectivity index (χ0v) is 13.2. The summed E-state index contributed by atoms with van der Waals surface area (Å²) in [5.74, 6) is 0.208. The van der Waals surface area contributed by atoms with Crippen molar-refractivity contribution in [3.8, 4) is 17.0 Å². The van der Waals surface area contributed by atoms with E-state index in [9.17, 15) is 9.18 Å². The molecule has 0 radical (unpaired) electrons. The molecule has 0 fully saturated rings. The fourth-order valence-corrected chi connectivity index (χ4v) is 2.25. The van der Waals surface area contributed by atoms with Crippen molar-refractivity contribution in [3.05, 3.63) is 65.5 Å². The quantitative estimate of drug-likeness (QED) is 0.785. The summed E-state index contributed by atoms with van der Waals surface area (Å²) in [5.41, 5.74) is 2.51. The largest absolute Gasteiger partial charge is 0.497 e. The van der Waals surface area contributed by atoms with Crippen LogP contribution >= 0.6 is 0 Å². The number of carbonyl (C=O) groups is 1. The number of carbonyl (C=O) groups excluding carboxylic acids is 1. The van der Waals surface area contributed by atoms with E-state index in [0.29, 0.717) is 16.8 Å². The Morgan fingerprint density at radius 2 is 1.79 bits per heavy atom. The third-order valence-corrected chi connectivity index (χ3v) is 3.62. The summed E-state index contributed by atoms with van der Waals surface area (Å²) in [6, 6.07) is 12.6. The van der Waals surface area contributed by atoms with E-state index in [4.69, 9.17) is 9.26 Å². The highest BCUT2D eigenvalue weighted by molar-refractivity contribution is 6.04. The fourth-order valence-electron chi connectivity index (χ4n) is 2.25. The molecule has 0 spiro atoms. The van der Waals surface area contributed by atoms with Crippen molar-refractivity contribution in [2.45, 2.75) is 6.92 Å². The molecule has 0 aliphatic rings. The molecule has 1 aromatic heterocycles. The lowest BCUT2D eigenvalue weighted by molar-refractivity contribution is 0.102. The van der Waals surface area contributed by atoms with E-state index >= 15 is 0 Å². The lowest BCUT2D eigenvalue weighted by Crippen LogP contribution is -2.11. The van der Waals surface area contributed by atoms with Crippen molar-refractivity contribution in [2.75, 3.05) is 12.4 Å². The third kappa shape index (κ3) is 3.12. The third-order valence-electron chi connectivity index (χ3n) is 3.62. The lowest BCUT2D eigenvalue weighted by atomic mass is 10.1. The molecule has 3 rings (SSSR count). The number of rotatable bonds is 4. The minimum atomic E-state index is -0.399. The first kappa shape index (κ1) is 15.7. The van der Waals surface area contributed by atoms with Crippen molar-refractivity contribution < 1.29 is 18.4 Å². The predicted octanol–water partition coefficient (Wildman–Crippen LogP) is 4.05. The predicted molar refractivity (Wildman–Crippen MR) is 87.6 cm³/mol. The van der Waals surface area contributed by atoms with Crippen LogP contribution in [0.1, 0.15) is 15.9 Å². The van der Waals surface area contributed by atoms with Gasteiger partial charge in [-0.3, -0.25) is 10.1 Å². The van der Waals surface area contributed by atoms with Crippen LogP contribution in [0.4, 0.5) is 10.3 Å². The smallest absolute Gasteiger partial charge is 0.258 e. The van der Waals surface area contributed by atoms with E-state index in [0.717, 1.165) is 11.3 Å². The minimum Gasteiger partial charge on any atom is -0.497 e. The first-order valence-corrected chi connectivity index (χ1v) is 7.26. The van der Waals surface area contributed by atoms with E-state index in [-0.39, 0.29) is 5.88 Å². The molecule has 0 saturated heterocycles. The van der Waals surface area contributed by atoms with Crippen LogP contribution in [-0.4, -0.2) is 18.2 Å². The molecule has 0 aliphatic carbocycles. The molecule has 0 saturated carbocycles. The van der Waals surface area contributed by atoms with E-state index in [1.807, 2.05) is 24.3 Å². The fraction of sp³-hybridized carbons (Fsp3) is 0.111. The van der Waals surface area contributed by atoms with Crippen LogP contribution in [0.15, 0.2) is 53.1 Å². The molecule has 0 aliphatic heterocycles. The van der Waals surface area contributed by atoms with Crippen LogP contribution in [0.2, 0.25) is 0 Å². The van der Waals surface area contributed by atoms with Crippen LogP contribution in [0.25, 0.3) is 11.3 Å². The van der Waals surface area contributed by atoms with E-state index < -0.39 is 11.7 Å². The van der Waals surface area contributed by atoms with E-state index in [1.54, 1.807) is 14.0 Å². The molecule has 6 heteroatoms. The number of amides is 1. The van der Waals surface area contributed by atoms with Gasteiger partial charge < -0.3 is 9.26 Å². The van der Waals surface area contributed by atoms with Crippen LogP contribution < -0.4 is 10.1 Å². The van der Waals surface area contributed by atoms with Crippen molar-refractivity contribution >= 4 is 11.8 Å². The number of methoxy groups -OCH3 is 1. The number of hydrogen-bond acceptors (Lipinski definition) is 4. The molecule has 1 heterocycles. The number of ether oxygens (including phenoxy) is 1. The molecule has 5 nitrogen and oxygen atoms in total. The zero-order valence-electron chi connectivity index (χ0n) is 13.2. The molecule has 122 valence electrons. The number of aromatic nitrogens is 1. The highest BCUT2D eigenvalue weighted by Gasteiger charge is 2.16. The highest BCUT2D eigenvalue weighted by Crippen LogP contribution is 2.29. The first-order chi connectivity index (χ1) is 11.6. The second-order valence-electron chi connectivity index (χ2n) is 5.17. The van der Waals surface area contributed by atoms with Crippen LogP contribution in [0, 0.1) is 12.7 Å². The maximum absolute atomic E-state index is 12.9. The number of hydrogen-bond donors (Lipinski definition) is 1. The molecule has 0 unspecified atom stereocenters. The van der Waals surface area contributed by atoms with Gasteiger partial charge in [0.15, 0.2) is 0 Å². The van der Waals surface area contributed by atoms with Crippen molar-refractivity contribution in [2.24, 2.45) is 0 Å². The first-order valence-electron chi connectivity index (χ1n) is 7.26. The normalized spacial score (nSPS) is 10.5. The van der Waals surface area contributed by atoms with Crippen LogP contribution in [0.5, 0.6) is 5.75 Å². The second kappa shape index (κ2) is 6.54. The molecule has 1 amide bonds. The Kier molecular flexibility index (Phi) is 4.29. The summed E-state index contributed by atoms with van der Waals surface area (Å²) in [5, 5.41) is 6.66. The summed E-state index contributed by atoms with van der Waals surface area (Å²) in [7, 11) is 1.60. The summed E-state index contributed by atoms with van der Waals surface area (Å²) in [4.78, 5) is 12.2. The standard InChI is InChI=1S/C18H15FN2O3/c1-11-16(12-5-9-15(23-2)10-6-12)21-24-18(11)20-17(22)13-3-7-14(19)8-4-13/h3-10H,1-2H3,(H,20,22). The van der Waals surface area contributed by atoms with Crippen molar-refractivity contribution in [1.29, 1.82) is 0 Å². The number of benzene rings is 2. The number of nitrogens with one attached hydrogen (secondary N) is 1. The highest BCUT2D eigenvalue weighted by atomic mass is 19.1. The van der Waals surface area contributed by atoms with Gasteiger partial charge in [0.1, 0.15) is 17.3 Å². The summed E-state index contributed by atoms with van der Waals surface area (Å²) < 4.78 is 23.3. The van der Waals surface area contributed by atoms with Gasteiger partial charge in [-0.1, -0.05) is 5.16 Å². The maximum atomic E-state index is 12.9. The number of nitrogens with zero attached hydrogens (tertiary/aromatic N) is 1. The van der Waals surface area contributed by atoms with Gasteiger partial charge in [-0.15, -0.1) is 0 Å². The van der Waals surface area contributed by atoms with Gasteiger partial charge >= 0.3 is 0 Å². The van der Waals surface area contributed by atoms with Gasteiger partial charge in [0.05, 0.1) is 7.11 Å². The van der Waals surface area contributed by atoms with Gasteiger partial charge in [-0.25, -0.2) is 4.39 Å². The molecule has 3 aromatic rings. The Labute approximate surface area is 138 Å². The minimum absolute atomic E-state index is 0.259. The molecule has 24 heavy (non-hydrogen) atoms. The van der Waals surface area contributed by atoms with Gasteiger partial charge in [0, 0.05) is 16.7 Å². The molecule has 1 N–H and O–H groups in total. The Hall–Kier alpha value is -3.15. The summed E-state index contributed by atoms with van der Waals surface area (Å²) in [6.07, 6.45) is 0. The SMILES string of the molecule is COc1ccc(-c2noc(NC(=O)c3ccc(F)cc3)c2C)cc1. The molecule has 0 atom stereocenters. The van der Waals surface area contributed by atoms with E-state index in [1.165, 1.54) is 24.3 Å². The molecular weight excluding hydrogens is 311 g/mol. The Balaban J connectivity index is 1.81. The zero-order chi connectivity index (χ0) is 17.1. The van der Waals surface area contributed by atoms with E-state index in [2.05, 4.69) is 10.5 Å². The molecule has 0 bridgehead atoms. The van der Waals surface area contributed by atoms with Gasteiger partial charge in [0.2, 0.25) is 5.88 Å². The summed E-state index contributed by atoms with van der Waals surface area (Å²) in [6.45, 7) is 1.80. The topological polar surface area (TPSA) is 64.4 Å². The molecule has 2 aromatic carbocycles. The Morgan fingerprint density at radius 1 is 1.12 bits per heavy atom. The lowest BCUT2D eigenvalue weighted by Gasteiger charge is -2.03. The van der Waals surface area contributed by atoms with Crippen LogP contribution in [0.3, 0.4) is 0 Å². The molecular formula is C18H15FN2O3. The van der Waals surface area contributed by atoms with Crippen molar-refractivity contribution in [1.82, 2.24) is 5.16 Å². The maximum Gasteiger partial charge on any atom is 0.258 e. The number of anilines is 1. The average molecular weight is 326 g/mol.